The highest BCUT2D eigenvalue weighted by Gasteiger charge is 2.33. The summed E-state index contributed by atoms with van der Waals surface area (Å²) in [5, 5.41) is 4.87. The molecule has 2 heterocycles. The number of rotatable bonds is 5. The van der Waals surface area contributed by atoms with Crippen molar-refractivity contribution < 1.29 is 17.9 Å². The fourth-order valence-corrected chi connectivity index (χ4v) is 5.44. The zero-order chi connectivity index (χ0) is 18.7. The van der Waals surface area contributed by atoms with Crippen LogP contribution in [0.15, 0.2) is 34.7 Å². The van der Waals surface area contributed by atoms with E-state index < -0.39 is 15.9 Å². The van der Waals surface area contributed by atoms with Crippen LogP contribution in [0.5, 0.6) is 5.75 Å². The van der Waals surface area contributed by atoms with E-state index in [1.54, 1.807) is 17.6 Å². The van der Waals surface area contributed by atoms with Crippen molar-refractivity contribution in [2.45, 2.75) is 37.1 Å². The molecule has 0 aliphatic carbocycles. The normalized spacial score (nSPS) is 18.5. The molecule has 0 saturated carbocycles. The summed E-state index contributed by atoms with van der Waals surface area (Å²) in [4.78, 5) is 16.5. The molecule has 0 radical (unpaired) electrons. The Bertz CT molecular complexity index is 881. The lowest BCUT2D eigenvalue weighted by atomic mass is 10.1. The molecule has 1 saturated heterocycles. The van der Waals surface area contributed by atoms with E-state index in [0.29, 0.717) is 11.7 Å². The molecule has 1 atom stereocenters. The van der Waals surface area contributed by atoms with Gasteiger partial charge in [0.05, 0.1) is 7.11 Å². The highest BCUT2D eigenvalue weighted by molar-refractivity contribution is 7.89. The maximum absolute atomic E-state index is 13.2. The van der Waals surface area contributed by atoms with E-state index in [0.717, 1.165) is 19.3 Å². The van der Waals surface area contributed by atoms with Gasteiger partial charge in [0.25, 0.3) is 5.91 Å². The second kappa shape index (κ2) is 7.73. The summed E-state index contributed by atoms with van der Waals surface area (Å²) >= 11 is 1.29. The van der Waals surface area contributed by atoms with Crippen molar-refractivity contribution in [3.63, 3.8) is 0 Å². The quantitative estimate of drug-likeness (QED) is 0.841. The van der Waals surface area contributed by atoms with Gasteiger partial charge in [-0.05, 0) is 38.0 Å². The number of piperidine rings is 1. The fraction of sp³-hybridized carbons (Fsp3) is 0.412. The molecule has 1 unspecified atom stereocenters. The van der Waals surface area contributed by atoms with Gasteiger partial charge in [-0.3, -0.25) is 10.1 Å². The third-order valence-corrected chi connectivity index (χ3v) is 7.13. The minimum Gasteiger partial charge on any atom is -0.495 e. The van der Waals surface area contributed by atoms with Gasteiger partial charge in [-0.25, -0.2) is 13.4 Å². The van der Waals surface area contributed by atoms with Crippen molar-refractivity contribution in [1.29, 1.82) is 0 Å². The summed E-state index contributed by atoms with van der Waals surface area (Å²) in [6.07, 6.45) is 4.25. The SMILES string of the molecule is COc1ccc(C(=O)Nc2nccs2)cc1S(=O)(=O)N1CCCCC1C. The number of nitrogens with one attached hydrogen (secondary N) is 1. The topological polar surface area (TPSA) is 88.6 Å². The Morgan fingerprint density at radius 3 is 2.85 bits per heavy atom. The molecule has 1 fully saturated rings. The van der Waals surface area contributed by atoms with E-state index >= 15 is 0 Å². The molecule has 0 spiro atoms. The molecule has 140 valence electrons. The van der Waals surface area contributed by atoms with E-state index in [2.05, 4.69) is 10.3 Å². The molecule has 1 aromatic heterocycles. The second-order valence-electron chi connectivity index (χ2n) is 6.12. The van der Waals surface area contributed by atoms with E-state index in [1.807, 2.05) is 6.92 Å². The van der Waals surface area contributed by atoms with E-state index in [4.69, 9.17) is 4.74 Å². The Balaban J connectivity index is 1.96. The van der Waals surface area contributed by atoms with Crippen LogP contribution in [0.2, 0.25) is 0 Å². The molecule has 1 aromatic carbocycles. The van der Waals surface area contributed by atoms with E-state index in [-0.39, 0.29) is 22.3 Å². The van der Waals surface area contributed by atoms with Crippen LogP contribution in [0, 0.1) is 0 Å². The Hall–Kier alpha value is -1.97. The third-order valence-electron chi connectivity index (χ3n) is 4.41. The molecule has 1 aliphatic rings. The molecule has 1 amide bonds. The molecule has 9 heteroatoms. The minimum absolute atomic E-state index is 0.0144. The lowest BCUT2D eigenvalue weighted by Gasteiger charge is -2.32. The van der Waals surface area contributed by atoms with Gasteiger partial charge in [-0.15, -0.1) is 11.3 Å². The van der Waals surface area contributed by atoms with Crippen molar-refractivity contribution in [2.24, 2.45) is 0 Å². The number of benzene rings is 1. The van der Waals surface area contributed by atoms with Gasteiger partial charge >= 0.3 is 0 Å². The average molecular weight is 396 g/mol. The number of amides is 1. The number of sulfonamides is 1. The number of carbonyl (C=O) groups is 1. The van der Waals surface area contributed by atoms with Crippen LogP contribution in [0.1, 0.15) is 36.5 Å². The van der Waals surface area contributed by atoms with Gasteiger partial charge in [0.15, 0.2) is 5.13 Å². The standard InChI is InChI=1S/C17H21N3O4S2/c1-12-5-3-4-9-20(12)26(22,23)15-11-13(6-7-14(15)24-2)16(21)19-17-18-8-10-25-17/h6-8,10-12H,3-5,9H2,1-2H3,(H,18,19,21). The van der Waals surface area contributed by atoms with Gasteiger partial charge in [0.1, 0.15) is 10.6 Å². The highest BCUT2D eigenvalue weighted by atomic mass is 32.2. The highest BCUT2D eigenvalue weighted by Crippen LogP contribution is 2.32. The van der Waals surface area contributed by atoms with Crippen LogP contribution in [0.25, 0.3) is 0 Å². The molecule has 26 heavy (non-hydrogen) atoms. The smallest absolute Gasteiger partial charge is 0.257 e. The van der Waals surface area contributed by atoms with Crippen LogP contribution in [-0.4, -0.2) is 43.3 Å². The van der Waals surface area contributed by atoms with Gasteiger partial charge in [-0.2, -0.15) is 4.31 Å². The van der Waals surface area contributed by atoms with Crippen molar-refractivity contribution in [3.8, 4) is 5.75 Å². The number of hydrogen-bond donors (Lipinski definition) is 1. The maximum Gasteiger partial charge on any atom is 0.257 e. The number of methoxy groups -OCH3 is 1. The summed E-state index contributed by atoms with van der Waals surface area (Å²) in [7, 11) is -2.34. The van der Waals surface area contributed by atoms with Crippen molar-refractivity contribution >= 4 is 32.4 Å². The Labute approximate surface area is 157 Å². The monoisotopic (exact) mass is 395 g/mol. The molecule has 0 bridgehead atoms. The van der Waals surface area contributed by atoms with Crippen LogP contribution in [-0.2, 0) is 10.0 Å². The first-order valence-corrected chi connectivity index (χ1v) is 10.7. The number of nitrogens with zero attached hydrogens (tertiary/aromatic N) is 2. The molecule has 7 nitrogen and oxygen atoms in total. The summed E-state index contributed by atoms with van der Waals surface area (Å²) < 4.78 is 33.1. The molecular weight excluding hydrogens is 374 g/mol. The van der Waals surface area contributed by atoms with Crippen molar-refractivity contribution in [3.05, 3.63) is 35.3 Å². The lowest BCUT2D eigenvalue weighted by Crippen LogP contribution is -2.42. The van der Waals surface area contributed by atoms with Crippen molar-refractivity contribution in [1.82, 2.24) is 9.29 Å². The largest absolute Gasteiger partial charge is 0.495 e. The summed E-state index contributed by atoms with van der Waals surface area (Å²) in [6.45, 7) is 2.38. The maximum atomic E-state index is 13.2. The van der Waals surface area contributed by atoms with Gasteiger partial charge in [-0.1, -0.05) is 6.42 Å². The van der Waals surface area contributed by atoms with E-state index in [9.17, 15) is 13.2 Å². The van der Waals surface area contributed by atoms with Crippen LogP contribution in [0.3, 0.4) is 0 Å². The van der Waals surface area contributed by atoms with Gasteiger partial charge in [0, 0.05) is 29.7 Å². The van der Waals surface area contributed by atoms with Gasteiger partial charge in [0.2, 0.25) is 10.0 Å². The number of aromatic nitrogens is 1. The number of thiazole rings is 1. The van der Waals surface area contributed by atoms with Crippen molar-refractivity contribution in [2.75, 3.05) is 19.0 Å². The molecule has 1 aliphatic heterocycles. The lowest BCUT2D eigenvalue weighted by molar-refractivity contribution is 0.102. The number of anilines is 1. The Kier molecular flexibility index (Phi) is 5.59. The second-order valence-corrected chi connectivity index (χ2v) is 8.87. The van der Waals surface area contributed by atoms with E-state index in [1.165, 1.54) is 34.9 Å². The molecule has 3 rings (SSSR count). The zero-order valence-electron chi connectivity index (χ0n) is 14.6. The number of hydrogen-bond acceptors (Lipinski definition) is 6. The predicted molar refractivity (Wildman–Crippen MR) is 100 cm³/mol. The number of ether oxygens (including phenoxy) is 1. The summed E-state index contributed by atoms with van der Waals surface area (Å²) in [5.41, 5.74) is 0.240. The van der Waals surface area contributed by atoms with Crippen LogP contribution < -0.4 is 10.1 Å². The third kappa shape index (κ3) is 3.74. The predicted octanol–water partition coefficient (Wildman–Crippen LogP) is 2.97. The minimum atomic E-state index is -3.76. The first kappa shape index (κ1) is 18.8. The fourth-order valence-electron chi connectivity index (χ4n) is 3.03. The Morgan fingerprint density at radius 1 is 1.38 bits per heavy atom. The molecule has 1 N–H and O–H groups in total. The average Bonchev–Trinajstić information content (AvgIpc) is 3.14. The first-order valence-electron chi connectivity index (χ1n) is 8.34. The van der Waals surface area contributed by atoms with Crippen LogP contribution >= 0.6 is 11.3 Å². The Morgan fingerprint density at radius 2 is 2.19 bits per heavy atom. The summed E-state index contributed by atoms with van der Waals surface area (Å²) in [5.74, 6) is -0.181. The zero-order valence-corrected chi connectivity index (χ0v) is 16.3. The van der Waals surface area contributed by atoms with Crippen LogP contribution in [0.4, 0.5) is 5.13 Å². The molecule has 2 aromatic rings. The molecular formula is C17H21N3O4S2. The van der Waals surface area contributed by atoms with Gasteiger partial charge < -0.3 is 4.74 Å². The number of carbonyl (C=O) groups excluding carboxylic acids is 1. The first-order chi connectivity index (χ1) is 12.4. The summed E-state index contributed by atoms with van der Waals surface area (Å²) in [6, 6.07) is 4.35.